The first-order valence-corrected chi connectivity index (χ1v) is 23.8. The van der Waals surface area contributed by atoms with Crippen LogP contribution in [-0.4, -0.2) is 95.5 Å². The molecule has 3 aromatic heterocycles. The minimum absolute atomic E-state index is 0.589. The van der Waals surface area contributed by atoms with Gasteiger partial charge in [-0.15, -0.1) is 0 Å². The number of H-pyrrole nitrogens is 1. The average Bonchev–Trinajstić information content (AvgIpc) is 4.12. The molecule has 368 valence electrons. The molecule has 0 saturated heterocycles. The standard InChI is InChI=1S/C20H26N4O2.C15H18N4O2.C12H14N2.C7H15N/c1-6-8-15(4)21-23(5)19(25)20(26)24-17(7-2)13-18(22-24)16-11-9-14(3)10-12-16;1-4-12-9-13(11-7-5-10(2)6-8-11)17-19(12)15(21)14(20)18(3)16;1-3-11-8-12(14-13-11)10-6-4-9(2)5-7-10;1-4-6-7(3)8-5-2/h9-13H,6-8H2,1-5H3;5-9H,4,16H2,1-3H3;4-8H,3H2,1-2H3,(H,13,14);4-6H2,1-3H3. The number of likely N-dealkylation sites (N-methyl/N-ethyl adjacent to an activating group) is 2. The number of rotatable bonds is 12. The van der Waals surface area contributed by atoms with E-state index in [0.29, 0.717) is 35.6 Å². The molecule has 15 nitrogen and oxygen atoms in total. The van der Waals surface area contributed by atoms with Gasteiger partial charge in [0.15, 0.2) is 0 Å². The quantitative estimate of drug-likeness (QED) is 0.0398. The molecule has 3 heterocycles. The maximum absolute atomic E-state index is 12.6. The van der Waals surface area contributed by atoms with Gasteiger partial charge in [-0.3, -0.25) is 34.3 Å². The van der Waals surface area contributed by atoms with Crippen LogP contribution in [0.1, 0.15) is 124 Å². The van der Waals surface area contributed by atoms with Crippen molar-refractivity contribution >= 4 is 35.1 Å². The molecular formula is C54H73N11O4. The molecule has 2 amide bonds. The smallest absolute Gasteiger partial charge is 0.295 e. The molecule has 0 aliphatic carbocycles. The predicted octanol–water partition coefficient (Wildman–Crippen LogP) is 10.3. The van der Waals surface area contributed by atoms with Gasteiger partial charge in [-0.25, -0.2) is 10.9 Å². The van der Waals surface area contributed by atoms with Crippen LogP contribution < -0.4 is 5.84 Å². The summed E-state index contributed by atoms with van der Waals surface area (Å²) in [5.41, 5.74) is 13.6. The zero-order valence-electron chi connectivity index (χ0n) is 43.1. The van der Waals surface area contributed by atoms with Gasteiger partial charge in [0, 0.05) is 65.8 Å². The van der Waals surface area contributed by atoms with Gasteiger partial charge >= 0.3 is 23.6 Å². The molecule has 0 unspecified atom stereocenters. The molecule has 0 spiro atoms. The highest BCUT2D eigenvalue weighted by Crippen LogP contribution is 2.22. The second-order valence-corrected chi connectivity index (χ2v) is 16.7. The van der Waals surface area contributed by atoms with E-state index in [4.69, 9.17) is 5.84 Å². The highest BCUT2D eigenvalue weighted by Gasteiger charge is 2.25. The summed E-state index contributed by atoms with van der Waals surface area (Å²) in [5.74, 6) is 2.37. The minimum atomic E-state index is -0.803. The summed E-state index contributed by atoms with van der Waals surface area (Å²) in [6.07, 6.45) is 6.28. The van der Waals surface area contributed by atoms with Crippen molar-refractivity contribution < 1.29 is 19.2 Å². The third-order valence-electron chi connectivity index (χ3n) is 10.7. The van der Waals surface area contributed by atoms with Gasteiger partial charge in [-0.05, 0) is 91.8 Å². The van der Waals surface area contributed by atoms with Gasteiger partial charge in [0.2, 0.25) is 0 Å². The van der Waals surface area contributed by atoms with E-state index in [1.165, 1.54) is 47.7 Å². The Morgan fingerprint density at radius 2 is 0.986 bits per heavy atom. The molecule has 6 aromatic rings. The van der Waals surface area contributed by atoms with Crippen LogP contribution in [0.4, 0.5) is 0 Å². The number of nitrogens with two attached hydrogens (primary N) is 1. The summed E-state index contributed by atoms with van der Waals surface area (Å²) in [4.78, 5) is 53.1. The summed E-state index contributed by atoms with van der Waals surface area (Å²) >= 11 is 0. The van der Waals surface area contributed by atoms with Crippen molar-refractivity contribution in [3.05, 3.63) is 125 Å². The maximum atomic E-state index is 12.6. The number of carbonyl (C=O) groups excluding carboxylic acids is 4. The minimum Gasteiger partial charge on any atom is -0.295 e. The van der Waals surface area contributed by atoms with E-state index in [-0.39, 0.29) is 0 Å². The molecule has 0 bridgehead atoms. The number of aliphatic imine (C=N–C) groups is 1. The molecule has 0 aliphatic rings. The van der Waals surface area contributed by atoms with Crippen LogP contribution in [0.15, 0.2) is 101 Å². The monoisotopic (exact) mass is 940 g/mol. The Bertz CT molecular complexity index is 2630. The highest BCUT2D eigenvalue weighted by molar-refractivity contribution is 6.36. The van der Waals surface area contributed by atoms with Crippen LogP contribution in [0.25, 0.3) is 33.8 Å². The zero-order valence-corrected chi connectivity index (χ0v) is 43.1. The van der Waals surface area contributed by atoms with Crippen LogP contribution in [0, 0.1) is 20.8 Å². The number of benzene rings is 3. The number of hydrogen-bond acceptors (Lipinski definition) is 10. The normalized spacial score (nSPS) is 11.0. The molecule has 0 fully saturated rings. The SMILES string of the molecule is CCCC(C)=NCC.CCCC(C)=NN(C)C(=O)C(=O)n1nc(-c2ccc(C)cc2)cc1CC.CCc1cc(-c2ccc(C)cc2)n[nH]1.CCc1cc(-c2ccc(C)cc2)nn1C(=O)C(=O)N(C)N. The summed E-state index contributed by atoms with van der Waals surface area (Å²) < 4.78 is 2.32. The van der Waals surface area contributed by atoms with Crippen LogP contribution >= 0.6 is 0 Å². The number of amides is 2. The Kier molecular flexibility index (Phi) is 23.0. The van der Waals surface area contributed by atoms with Crippen LogP contribution in [0.3, 0.4) is 0 Å². The van der Waals surface area contributed by atoms with Crippen molar-refractivity contribution in [1.29, 1.82) is 0 Å². The van der Waals surface area contributed by atoms with Gasteiger partial charge in [0.1, 0.15) is 0 Å². The van der Waals surface area contributed by atoms with Crippen molar-refractivity contribution in [3.63, 3.8) is 0 Å². The number of nitrogens with zero attached hydrogens (tertiary/aromatic N) is 9. The number of aryl methyl sites for hydroxylation is 6. The van der Waals surface area contributed by atoms with Crippen molar-refractivity contribution in [3.8, 4) is 33.8 Å². The predicted molar refractivity (Wildman–Crippen MR) is 279 cm³/mol. The fourth-order valence-electron chi connectivity index (χ4n) is 6.74. The van der Waals surface area contributed by atoms with E-state index in [9.17, 15) is 19.2 Å². The molecule has 0 atom stereocenters. The lowest BCUT2D eigenvalue weighted by atomic mass is 10.1. The molecule has 69 heavy (non-hydrogen) atoms. The van der Waals surface area contributed by atoms with Gasteiger partial charge in [0.05, 0.1) is 17.1 Å². The van der Waals surface area contributed by atoms with Gasteiger partial charge < -0.3 is 0 Å². The number of nitrogens with one attached hydrogen (secondary N) is 1. The van der Waals surface area contributed by atoms with Crippen molar-refractivity contribution in [1.82, 2.24) is 39.8 Å². The van der Waals surface area contributed by atoms with Crippen LogP contribution in [-0.2, 0) is 28.9 Å². The molecular weight excluding hydrogens is 867 g/mol. The van der Waals surface area contributed by atoms with E-state index < -0.39 is 23.6 Å². The lowest BCUT2D eigenvalue weighted by Crippen LogP contribution is -2.41. The molecule has 0 radical (unpaired) electrons. The van der Waals surface area contributed by atoms with Gasteiger partial charge in [-0.2, -0.15) is 29.8 Å². The number of aromatic amines is 1. The topological polar surface area (TPSA) is 190 Å². The first kappa shape index (κ1) is 56.2. The van der Waals surface area contributed by atoms with Crippen molar-refractivity contribution in [2.75, 3.05) is 20.6 Å². The summed E-state index contributed by atoms with van der Waals surface area (Å²) in [6.45, 7) is 23.2. The van der Waals surface area contributed by atoms with E-state index in [2.05, 4.69) is 95.4 Å². The fourth-order valence-corrected chi connectivity index (χ4v) is 6.74. The summed E-state index contributed by atoms with van der Waals surface area (Å²) in [5, 5.41) is 21.9. The Morgan fingerprint density at radius 1 is 0.580 bits per heavy atom. The second-order valence-electron chi connectivity index (χ2n) is 16.7. The zero-order chi connectivity index (χ0) is 51.2. The molecule has 3 aromatic carbocycles. The van der Waals surface area contributed by atoms with Crippen molar-refractivity contribution in [2.45, 2.75) is 121 Å². The van der Waals surface area contributed by atoms with E-state index in [0.717, 1.165) is 80.6 Å². The third kappa shape index (κ3) is 17.2. The third-order valence-corrected chi connectivity index (χ3v) is 10.7. The van der Waals surface area contributed by atoms with Gasteiger partial charge in [0.25, 0.3) is 0 Å². The highest BCUT2D eigenvalue weighted by atomic mass is 16.2. The number of hydrazine groups is 1. The van der Waals surface area contributed by atoms with E-state index >= 15 is 0 Å². The van der Waals surface area contributed by atoms with E-state index in [1.54, 1.807) is 0 Å². The number of hydrogen-bond donors (Lipinski definition) is 2. The molecule has 6 rings (SSSR count). The van der Waals surface area contributed by atoms with Crippen molar-refractivity contribution in [2.24, 2.45) is 15.9 Å². The Morgan fingerprint density at radius 3 is 1.35 bits per heavy atom. The molecule has 15 heteroatoms. The first-order valence-electron chi connectivity index (χ1n) is 23.8. The lowest BCUT2D eigenvalue weighted by Gasteiger charge is -2.12. The Hall–Kier alpha value is -7.13. The Balaban J connectivity index is 0.000000262. The first-order chi connectivity index (χ1) is 32.9. The maximum Gasteiger partial charge on any atom is 0.338 e. The molecule has 0 saturated carbocycles. The largest absolute Gasteiger partial charge is 0.338 e. The number of hydrazone groups is 1. The number of carbonyl (C=O) groups is 4. The summed E-state index contributed by atoms with van der Waals surface area (Å²) in [6, 6.07) is 29.9. The summed E-state index contributed by atoms with van der Waals surface area (Å²) in [7, 11) is 2.83. The van der Waals surface area contributed by atoms with Crippen LogP contribution in [0.2, 0.25) is 0 Å². The van der Waals surface area contributed by atoms with E-state index in [1.807, 2.05) is 102 Å². The Labute approximate surface area is 408 Å². The second kappa shape index (κ2) is 28.3. The average molecular weight is 940 g/mol. The number of aromatic nitrogens is 6. The molecule has 0 aliphatic heterocycles. The fraction of sp³-hybridized carbons (Fsp3) is 0.389. The lowest BCUT2D eigenvalue weighted by molar-refractivity contribution is -0.126. The van der Waals surface area contributed by atoms with Gasteiger partial charge in [-0.1, -0.05) is 137 Å². The van der Waals surface area contributed by atoms with Crippen LogP contribution in [0.5, 0.6) is 0 Å². The molecule has 3 N–H and O–H groups in total.